The lowest BCUT2D eigenvalue weighted by Gasteiger charge is -2.05. The van der Waals surface area contributed by atoms with Crippen molar-refractivity contribution in [1.29, 1.82) is 0 Å². The Morgan fingerprint density at radius 3 is 3.00 bits per heavy atom. The topological polar surface area (TPSA) is 63.8 Å². The maximum absolute atomic E-state index is 11.1. The lowest BCUT2D eigenvalue weighted by molar-refractivity contribution is 0.0688. The zero-order valence-corrected chi connectivity index (χ0v) is 9.80. The van der Waals surface area contributed by atoms with Gasteiger partial charge in [0.15, 0.2) is 17.1 Å². The maximum Gasteiger partial charge on any atom is 0.354 e. The third-order valence-electron chi connectivity index (χ3n) is 2.45. The van der Waals surface area contributed by atoms with Crippen molar-refractivity contribution in [3.05, 3.63) is 29.7 Å². The molecule has 0 saturated carbocycles. The highest BCUT2D eigenvalue weighted by Gasteiger charge is 2.17. The molecule has 2 aromatic rings. The summed E-state index contributed by atoms with van der Waals surface area (Å²) in [5, 5.41) is 9.12. The van der Waals surface area contributed by atoms with Crippen molar-refractivity contribution in [3.63, 3.8) is 0 Å². The molecule has 0 radical (unpaired) electrons. The Hall–Kier alpha value is -2.04. The smallest absolute Gasteiger partial charge is 0.354 e. The molecule has 0 aliphatic carbocycles. The molecule has 0 unspecified atom stereocenters. The van der Waals surface area contributed by atoms with Gasteiger partial charge in [-0.25, -0.2) is 9.78 Å². The van der Waals surface area contributed by atoms with E-state index in [2.05, 4.69) is 4.98 Å². The van der Waals surface area contributed by atoms with Gasteiger partial charge in [0, 0.05) is 6.20 Å². The Bertz CT molecular complexity index is 560. The summed E-state index contributed by atoms with van der Waals surface area (Å²) in [5.74, 6) is -0.368. The van der Waals surface area contributed by atoms with Crippen molar-refractivity contribution in [1.82, 2.24) is 9.38 Å². The van der Waals surface area contributed by atoms with Crippen LogP contribution in [0.5, 0.6) is 5.75 Å². The van der Waals surface area contributed by atoms with Crippen molar-refractivity contribution in [2.75, 3.05) is 6.61 Å². The van der Waals surface area contributed by atoms with Gasteiger partial charge in [-0.05, 0) is 25.5 Å². The van der Waals surface area contributed by atoms with Gasteiger partial charge in [-0.3, -0.25) is 4.40 Å². The number of rotatable bonds is 4. The number of carboxylic acid groups (broad SMARTS) is 1. The van der Waals surface area contributed by atoms with E-state index in [-0.39, 0.29) is 5.69 Å². The molecule has 0 atom stereocenters. The molecule has 0 saturated heterocycles. The third kappa shape index (κ3) is 1.95. The Balaban J connectivity index is 2.58. The van der Waals surface area contributed by atoms with Gasteiger partial charge in [-0.15, -0.1) is 0 Å². The molecule has 0 spiro atoms. The van der Waals surface area contributed by atoms with Crippen LogP contribution < -0.4 is 4.74 Å². The Kier molecular flexibility index (Phi) is 2.99. The summed E-state index contributed by atoms with van der Waals surface area (Å²) in [6.07, 6.45) is 2.57. The van der Waals surface area contributed by atoms with Crippen LogP contribution >= 0.6 is 0 Å². The molecule has 2 rings (SSSR count). The molecule has 0 fully saturated rings. The number of pyridine rings is 1. The van der Waals surface area contributed by atoms with Crippen LogP contribution in [-0.4, -0.2) is 27.1 Å². The van der Waals surface area contributed by atoms with Gasteiger partial charge < -0.3 is 9.84 Å². The van der Waals surface area contributed by atoms with Gasteiger partial charge in [0.25, 0.3) is 0 Å². The fourth-order valence-corrected chi connectivity index (χ4v) is 1.74. The molecule has 0 aliphatic rings. The summed E-state index contributed by atoms with van der Waals surface area (Å²) in [5.41, 5.74) is 1.22. The van der Waals surface area contributed by atoms with Gasteiger partial charge in [-0.1, -0.05) is 6.92 Å². The predicted molar refractivity (Wildman–Crippen MR) is 62.7 cm³/mol. The minimum absolute atomic E-state index is 0.182. The van der Waals surface area contributed by atoms with Crippen molar-refractivity contribution >= 4 is 11.6 Å². The molecular weight excluding hydrogens is 220 g/mol. The number of carboxylic acids is 1. The SMILES string of the molecule is CCCOc1cccn2c(C(=O)O)c(C)nc12. The summed E-state index contributed by atoms with van der Waals surface area (Å²) < 4.78 is 7.08. The quantitative estimate of drug-likeness (QED) is 0.880. The van der Waals surface area contributed by atoms with E-state index in [1.165, 1.54) is 0 Å². The first kappa shape index (κ1) is 11.4. The van der Waals surface area contributed by atoms with Crippen LogP contribution in [-0.2, 0) is 0 Å². The molecule has 90 valence electrons. The Morgan fingerprint density at radius 1 is 1.59 bits per heavy atom. The summed E-state index contributed by atoms with van der Waals surface area (Å²) in [4.78, 5) is 15.4. The van der Waals surface area contributed by atoms with Gasteiger partial charge in [0.05, 0.1) is 12.3 Å². The molecule has 0 aromatic carbocycles. The van der Waals surface area contributed by atoms with E-state index in [0.717, 1.165) is 6.42 Å². The molecule has 0 aliphatic heterocycles. The zero-order valence-electron chi connectivity index (χ0n) is 9.80. The van der Waals surface area contributed by atoms with E-state index in [1.807, 2.05) is 6.92 Å². The lowest BCUT2D eigenvalue weighted by Crippen LogP contribution is -2.04. The van der Waals surface area contributed by atoms with E-state index < -0.39 is 5.97 Å². The number of aromatic nitrogens is 2. The second-order valence-corrected chi connectivity index (χ2v) is 3.77. The molecule has 0 bridgehead atoms. The van der Waals surface area contributed by atoms with Crippen molar-refractivity contribution in [3.8, 4) is 5.75 Å². The molecule has 17 heavy (non-hydrogen) atoms. The summed E-state index contributed by atoms with van der Waals surface area (Å²) in [6, 6.07) is 3.55. The third-order valence-corrected chi connectivity index (χ3v) is 2.45. The highest BCUT2D eigenvalue weighted by atomic mass is 16.5. The molecule has 0 amide bonds. The van der Waals surface area contributed by atoms with Gasteiger partial charge in [-0.2, -0.15) is 0 Å². The Labute approximate surface area is 98.7 Å². The number of fused-ring (bicyclic) bond motifs is 1. The fourth-order valence-electron chi connectivity index (χ4n) is 1.74. The van der Waals surface area contributed by atoms with Crippen molar-refractivity contribution < 1.29 is 14.6 Å². The fraction of sp³-hybridized carbons (Fsp3) is 0.333. The van der Waals surface area contributed by atoms with Crippen LogP contribution in [0, 0.1) is 6.92 Å². The second-order valence-electron chi connectivity index (χ2n) is 3.77. The van der Waals surface area contributed by atoms with Gasteiger partial charge in [0.1, 0.15) is 0 Å². The molecular formula is C12H14N2O3. The van der Waals surface area contributed by atoms with E-state index >= 15 is 0 Å². The first-order valence-corrected chi connectivity index (χ1v) is 5.49. The second kappa shape index (κ2) is 4.45. The minimum Gasteiger partial charge on any atom is -0.490 e. The number of nitrogens with zero attached hydrogens (tertiary/aromatic N) is 2. The summed E-state index contributed by atoms with van der Waals surface area (Å²) in [6.45, 7) is 4.29. The zero-order chi connectivity index (χ0) is 12.4. The predicted octanol–water partition coefficient (Wildman–Crippen LogP) is 2.13. The lowest BCUT2D eigenvalue weighted by atomic mass is 10.3. The number of imidazole rings is 1. The van der Waals surface area contributed by atoms with Crippen LogP contribution in [0.4, 0.5) is 0 Å². The van der Waals surface area contributed by atoms with E-state index in [9.17, 15) is 4.79 Å². The van der Waals surface area contributed by atoms with Crippen LogP contribution in [0.2, 0.25) is 0 Å². The average Bonchev–Trinajstić information content (AvgIpc) is 2.62. The number of aryl methyl sites for hydroxylation is 1. The molecule has 5 nitrogen and oxygen atoms in total. The maximum atomic E-state index is 11.1. The highest BCUT2D eigenvalue weighted by molar-refractivity contribution is 5.88. The number of ether oxygens (including phenoxy) is 1. The summed E-state index contributed by atoms with van der Waals surface area (Å²) in [7, 11) is 0. The Morgan fingerprint density at radius 2 is 2.35 bits per heavy atom. The van der Waals surface area contributed by atoms with Crippen LogP contribution in [0.1, 0.15) is 29.5 Å². The first-order valence-electron chi connectivity index (χ1n) is 5.49. The largest absolute Gasteiger partial charge is 0.490 e. The number of hydrogen-bond donors (Lipinski definition) is 1. The minimum atomic E-state index is -0.984. The number of carbonyl (C=O) groups is 1. The highest BCUT2D eigenvalue weighted by Crippen LogP contribution is 2.22. The summed E-state index contributed by atoms with van der Waals surface area (Å²) >= 11 is 0. The number of hydrogen-bond acceptors (Lipinski definition) is 3. The van der Waals surface area contributed by atoms with Gasteiger partial charge >= 0.3 is 5.97 Å². The van der Waals surface area contributed by atoms with Crippen molar-refractivity contribution in [2.45, 2.75) is 20.3 Å². The number of aromatic carboxylic acids is 1. The van der Waals surface area contributed by atoms with Crippen LogP contribution in [0.15, 0.2) is 18.3 Å². The molecule has 1 N–H and O–H groups in total. The van der Waals surface area contributed by atoms with E-state index in [1.54, 1.807) is 29.7 Å². The molecule has 2 aromatic heterocycles. The van der Waals surface area contributed by atoms with Crippen molar-refractivity contribution in [2.24, 2.45) is 0 Å². The van der Waals surface area contributed by atoms with E-state index in [0.29, 0.717) is 23.7 Å². The standard InChI is InChI=1S/C12H14N2O3/c1-3-7-17-9-5-4-6-14-10(12(15)16)8(2)13-11(9)14/h4-6H,3,7H2,1-2H3,(H,15,16). The van der Waals surface area contributed by atoms with E-state index in [4.69, 9.17) is 9.84 Å². The monoisotopic (exact) mass is 234 g/mol. The van der Waals surface area contributed by atoms with Crippen LogP contribution in [0.25, 0.3) is 5.65 Å². The average molecular weight is 234 g/mol. The molecule has 5 heteroatoms. The normalized spacial score (nSPS) is 10.7. The van der Waals surface area contributed by atoms with Crippen LogP contribution in [0.3, 0.4) is 0 Å². The molecule has 2 heterocycles. The van der Waals surface area contributed by atoms with Gasteiger partial charge in [0.2, 0.25) is 0 Å². The first-order chi connectivity index (χ1) is 8.15.